The minimum atomic E-state index is 0.110. The molecule has 19 heavy (non-hydrogen) atoms. The van der Waals surface area contributed by atoms with Crippen molar-refractivity contribution in [3.63, 3.8) is 0 Å². The Kier molecular flexibility index (Phi) is 5.76. The zero-order chi connectivity index (χ0) is 14.5. The van der Waals surface area contributed by atoms with Crippen molar-refractivity contribution < 1.29 is 5.11 Å². The first-order valence-electron chi connectivity index (χ1n) is 6.93. The Labute approximate surface area is 116 Å². The Balaban J connectivity index is 2.79. The molecule has 1 heterocycles. The van der Waals surface area contributed by atoms with Crippen LogP contribution >= 0.6 is 0 Å². The Hall–Kier alpha value is -1.13. The lowest BCUT2D eigenvalue weighted by Gasteiger charge is -2.24. The summed E-state index contributed by atoms with van der Waals surface area (Å²) in [5, 5.41) is 12.5. The highest BCUT2D eigenvalue weighted by Crippen LogP contribution is 2.18. The van der Waals surface area contributed by atoms with E-state index in [0.29, 0.717) is 6.54 Å². The van der Waals surface area contributed by atoms with Crippen LogP contribution in [0.1, 0.15) is 38.8 Å². The molecule has 0 saturated heterocycles. The smallest absolute Gasteiger partial charge is 0.131 e. The second-order valence-electron chi connectivity index (χ2n) is 5.89. The van der Waals surface area contributed by atoms with Crippen LogP contribution < -0.4 is 10.2 Å². The molecule has 1 aromatic rings. The summed E-state index contributed by atoms with van der Waals surface area (Å²) in [6.45, 7) is 13.1. The molecule has 1 rings (SSSR count). The van der Waals surface area contributed by atoms with Gasteiger partial charge in [0, 0.05) is 31.4 Å². The number of rotatable bonds is 6. The number of aliphatic hydroxyl groups excluding tert-OH is 1. The molecule has 1 aromatic heterocycles. The number of aromatic nitrogens is 1. The number of nitrogens with zero attached hydrogens (tertiary/aromatic N) is 2. The molecule has 0 amide bonds. The van der Waals surface area contributed by atoms with Gasteiger partial charge in [0.15, 0.2) is 0 Å². The van der Waals surface area contributed by atoms with Gasteiger partial charge < -0.3 is 15.3 Å². The van der Waals surface area contributed by atoms with E-state index in [1.54, 1.807) is 0 Å². The highest BCUT2D eigenvalue weighted by molar-refractivity contribution is 5.47. The van der Waals surface area contributed by atoms with Gasteiger partial charge in [0.05, 0.1) is 6.61 Å². The second-order valence-corrected chi connectivity index (χ2v) is 5.89. The van der Waals surface area contributed by atoms with Crippen LogP contribution in [0.4, 0.5) is 5.82 Å². The summed E-state index contributed by atoms with van der Waals surface area (Å²) >= 11 is 0. The highest BCUT2D eigenvalue weighted by Gasteiger charge is 2.11. The molecule has 0 aliphatic rings. The van der Waals surface area contributed by atoms with Gasteiger partial charge in [-0.3, -0.25) is 0 Å². The van der Waals surface area contributed by atoms with Crippen molar-refractivity contribution >= 4 is 5.82 Å². The summed E-state index contributed by atoms with van der Waals surface area (Å²) in [6.07, 6.45) is 1.92. The lowest BCUT2D eigenvalue weighted by molar-refractivity contribution is 0.302. The predicted octanol–water partition coefficient (Wildman–Crippen LogP) is 2.10. The lowest BCUT2D eigenvalue weighted by Crippen LogP contribution is -2.35. The van der Waals surface area contributed by atoms with E-state index in [1.165, 1.54) is 5.56 Å². The van der Waals surface area contributed by atoms with Crippen molar-refractivity contribution in [3.05, 3.63) is 23.4 Å². The summed E-state index contributed by atoms with van der Waals surface area (Å²) in [5.74, 6) is 0.969. The number of hydrogen-bond donors (Lipinski definition) is 2. The van der Waals surface area contributed by atoms with Crippen LogP contribution in [0.2, 0.25) is 0 Å². The third-order valence-electron chi connectivity index (χ3n) is 2.98. The molecule has 0 fully saturated rings. The van der Waals surface area contributed by atoms with Gasteiger partial charge in [0.1, 0.15) is 5.82 Å². The first-order valence-corrected chi connectivity index (χ1v) is 6.93. The minimum Gasteiger partial charge on any atom is -0.395 e. The van der Waals surface area contributed by atoms with Crippen molar-refractivity contribution in [2.24, 2.45) is 0 Å². The Bertz CT molecular complexity index is 399. The van der Waals surface area contributed by atoms with Gasteiger partial charge >= 0.3 is 0 Å². The molecule has 108 valence electrons. The number of hydrogen-bond acceptors (Lipinski definition) is 4. The van der Waals surface area contributed by atoms with Crippen LogP contribution in [0, 0.1) is 6.92 Å². The maximum Gasteiger partial charge on any atom is 0.131 e. The summed E-state index contributed by atoms with van der Waals surface area (Å²) in [4.78, 5) is 6.64. The first kappa shape index (κ1) is 15.9. The first-order chi connectivity index (χ1) is 8.87. The van der Waals surface area contributed by atoms with E-state index in [9.17, 15) is 0 Å². The van der Waals surface area contributed by atoms with E-state index < -0.39 is 0 Å². The number of aliphatic hydroxyl groups is 1. The highest BCUT2D eigenvalue weighted by atomic mass is 16.3. The third-order valence-corrected chi connectivity index (χ3v) is 2.98. The minimum absolute atomic E-state index is 0.110. The maximum atomic E-state index is 9.07. The molecule has 0 aliphatic heterocycles. The van der Waals surface area contributed by atoms with Crippen LogP contribution in [0.25, 0.3) is 0 Å². The van der Waals surface area contributed by atoms with Gasteiger partial charge in [-0.15, -0.1) is 0 Å². The molecular weight excluding hydrogens is 238 g/mol. The Morgan fingerprint density at radius 2 is 2.05 bits per heavy atom. The molecule has 4 nitrogen and oxygen atoms in total. The maximum absolute atomic E-state index is 9.07. The van der Waals surface area contributed by atoms with E-state index in [-0.39, 0.29) is 12.1 Å². The van der Waals surface area contributed by atoms with Crippen molar-refractivity contribution in [2.75, 3.05) is 24.6 Å². The standard InChI is InChI=1S/C15H27N3O/c1-6-18(7-8-19)14-12(2)9-13(10-16-14)11-17-15(3,4)5/h9-10,17,19H,6-8,11H2,1-5H3. The van der Waals surface area contributed by atoms with Crippen LogP contribution in [-0.4, -0.2) is 35.3 Å². The second kappa shape index (κ2) is 6.87. The molecule has 0 spiro atoms. The zero-order valence-corrected chi connectivity index (χ0v) is 12.8. The van der Waals surface area contributed by atoms with E-state index in [0.717, 1.165) is 24.5 Å². The summed E-state index contributed by atoms with van der Waals surface area (Å²) in [5.41, 5.74) is 2.46. The molecule has 0 saturated carbocycles. The average Bonchev–Trinajstić information content (AvgIpc) is 2.33. The van der Waals surface area contributed by atoms with Crippen LogP contribution in [0.15, 0.2) is 12.3 Å². The van der Waals surface area contributed by atoms with E-state index in [1.807, 2.05) is 6.20 Å². The largest absolute Gasteiger partial charge is 0.395 e. The SMILES string of the molecule is CCN(CCO)c1ncc(CNC(C)(C)C)cc1C. The monoisotopic (exact) mass is 265 g/mol. The molecule has 0 aliphatic carbocycles. The number of nitrogens with one attached hydrogen (secondary N) is 1. The normalized spacial score (nSPS) is 11.7. The average molecular weight is 265 g/mol. The van der Waals surface area contributed by atoms with Crippen molar-refractivity contribution in [1.82, 2.24) is 10.3 Å². The molecule has 2 N–H and O–H groups in total. The van der Waals surface area contributed by atoms with Crippen molar-refractivity contribution in [3.8, 4) is 0 Å². The number of likely N-dealkylation sites (N-methyl/N-ethyl adjacent to an activating group) is 1. The van der Waals surface area contributed by atoms with Gasteiger partial charge in [0.2, 0.25) is 0 Å². The van der Waals surface area contributed by atoms with Gasteiger partial charge in [0.25, 0.3) is 0 Å². The van der Waals surface area contributed by atoms with Gasteiger partial charge in [-0.1, -0.05) is 0 Å². The summed E-state index contributed by atoms with van der Waals surface area (Å²) in [7, 11) is 0. The van der Waals surface area contributed by atoms with E-state index in [2.05, 4.69) is 55.9 Å². The molecular formula is C15H27N3O. The molecule has 0 aromatic carbocycles. The Morgan fingerprint density at radius 1 is 1.37 bits per heavy atom. The van der Waals surface area contributed by atoms with Crippen molar-refractivity contribution in [1.29, 1.82) is 0 Å². The lowest BCUT2D eigenvalue weighted by atomic mass is 10.1. The van der Waals surface area contributed by atoms with Gasteiger partial charge in [-0.05, 0) is 51.8 Å². The molecule has 0 radical (unpaired) electrons. The fraction of sp³-hybridized carbons (Fsp3) is 0.667. The van der Waals surface area contributed by atoms with Crippen LogP contribution in [0.3, 0.4) is 0 Å². The van der Waals surface area contributed by atoms with Crippen LogP contribution in [-0.2, 0) is 6.54 Å². The topological polar surface area (TPSA) is 48.4 Å². The van der Waals surface area contributed by atoms with Crippen molar-refractivity contribution in [2.45, 2.75) is 46.7 Å². The van der Waals surface area contributed by atoms with Crippen LogP contribution in [0.5, 0.6) is 0 Å². The molecule has 0 atom stereocenters. The van der Waals surface area contributed by atoms with Gasteiger partial charge in [-0.2, -0.15) is 0 Å². The third kappa shape index (κ3) is 5.17. The zero-order valence-electron chi connectivity index (χ0n) is 12.8. The Morgan fingerprint density at radius 3 is 2.53 bits per heavy atom. The van der Waals surface area contributed by atoms with Gasteiger partial charge in [-0.25, -0.2) is 4.98 Å². The summed E-state index contributed by atoms with van der Waals surface area (Å²) < 4.78 is 0. The predicted molar refractivity (Wildman–Crippen MR) is 80.5 cm³/mol. The van der Waals surface area contributed by atoms with E-state index >= 15 is 0 Å². The fourth-order valence-corrected chi connectivity index (χ4v) is 1.96. The summed E-state index contributed by atoms with van der Waals surface area (Å²) in [6, 6.07) is 2.17. The molecule has 0 unspecified atom stereocenters. The number of pyridine rings is 1. The molecule has 4 heteroatoms. The quantitative estimate of drug-likeness (QED) is 0.827. The number of aryl methyl sites for hydroxylation is 1. The van der Waals surface area contributed by atoms with E-state index in [4.69, 9.17) is 5.11 Å². The fourth-order valence-electron chi connectivity index (χ4n) is 1.96. The number of anilines is 1. The molecule has 0 bridgehead atoms.